The highest BCUT2D eigenvalue weighted by Gasteiger charge is 2.43. The summed E-state index contributed by atoms with van der Waals surface area (Å²) in [5.41, 5.74) is 4.52. The zero-order valence-electron chi connectivity index (χ0n) is 16.0. The number of esters is 1. The lowest BCUT2D eigenvalue weighted by molar-refractivity contribution is -0.150. The Morgan fingerprint density at radius 3 is 2.31 bits per heavy atom. The average molecular weight is 393 g/mol. The van der Waals surface area contributed by atoms with E-state index in [-0.39, 0.29) is 25.7 Å². The van der Waals surface area contributed by atoms with Gasteiger partial charge in [0.25, 0.3) is 0 Å². The van der Waals surface area contributed by atoms with Crippen LogP contribution in [-0.4, -0.2) is 54.0 Å². The number of hydrogen-bond donors (Lipinski definition) is 1. The van der Waals surface area contributed by atoms with E-state index in [4.69, 9.17) is 9.47 Å². The molecule has 2 unspecified atom stereocenters. The van der Waals surface area contributed by atoms with Gasteiger partial charge in [-0.15, -0.1) is 0 Å². The molecule has 2 aromatic rings. The van der Waals surface area contributed by atoms with E-state index < -0.39 is 24.2 Å². The number of aliphatic hydroxyl groups is 1. The normalized spacial score (nSPS) is 20.1. The van der Waals surface area contributed by atoms with Crippen molar-refractivity contribution in [1.29, 1.82) is 0 Å². The molecule has 0 aromatic heterocycles. The molecule has 1 N–H and O–H groups in total. The second-order valence-electron chi connectivity index (χ2n) is 7.22. The first-order valence-electron chi connectivity index (χ1n) is 9.69. The summed E-state index contributed by atoms with van der Waals surface area (Å²) in [6.07, 6.45) is 0.159. The average Bonchev–Trinajstić information content (AvgIpc) is 3.28. The molecule has 1 fully saturated rings. The Kier molecular flexibility index (Phi) is 5.36. The lowest BCUT2D eigenvalue weighted by Crippen LogP contribution is -2.46. The number of rotatable bonds is 5. The van der Waals surface area contributed by atoms with E-state index >= 15 is 0 Å². The Labute approximate surface area is 169 Å². The van der Waals surface area contributed by atoms with Crippen LogP contribution in [0, 0.1) is 0 Å². The minimum Gasteiger partial charge on any atom is -0.460 e. The third kappa shape index (κ3) is 3.51. The summed E-state index contributed by atoms with van der Waals surface area (Å²) < 4.78 is 10.6. The quantitative estimate of drug-likeness (QED) is 0.624. The fourth-order valence-electron chi connectivity index (χ4n) is 4.17. The van der Waals surface area contributed by atoms with Gasteiger partial charge in [0, 0.05) is 12.5 Å². The molecule has 1 aliphatic carbocycles. The van der Waals surface area contributed by atoms with E-state index in [1.807, 2.05) is 36.4 Å². The van der Waals surface area contributed by atoms with E-state index in [2.05, 4.69) is 18.7 Å². The van der Waals surface area contributed by atoms with Crippen molar-refractivity contribution in [3.05, 3.63) is 72.3 Å². The van der Waals surface area contributed by atoms with Gasteiger partial charge < -0.3 is 14.6 Å². The third-order valence-electron chi connectivity index (χ3n) is 5.52. The molecule has 1 heterocycles. The van der Waals surface area contributed by atoms with Crippen LogP contribution in [0.25, 0.3) is 11.1 Å². The van der Waals surface area contributed by atoms with Crippen LogP contribution in [0.5, 0.6) is 0 Å². The van der Waals surface area contributed by atoms with Crippen molar-refractivity contribution >= 4 is 12.1 Å². The molecule has 0 bridgehead atoms. The summed E-state index contributed by atoms with van der Waals surface area (Å²) in [7, 11) is 0. The number of ether oxygens (including phenoxy) is 2. The first-order chi connectivity index (χ1) is 14.1. The molecule has 0 spiro atoms. The van der Waals surface area contributed by atoms with Crippen molar-refractivity contribution in [1.82, 2.24) is 4.90 Å². The minimum atomic E-state index is -1.05. The van der Waals surface area contributed by atoms with Gasteiger partial charge in [-0.1, -0.05) is 61.2 Å². The molecule has 2 aromatic carbocycles. The molecule has 1 saturated heterocycles. The maximum Gasteiger partial charge on any atom is 0.410 e. The molecule has 4 rings (SSSR count). The first kappa shape index (κ1) is 19.2. The first-order valence-corrected chi connectivity index (χ1v) is 9.69. The largest absolute Gasteiger partial charge is 0.460 e. The van der Waals surface area contributed by atoms with Gasteiger partial charge in [0.15, 0.2) is 6.04 Å². The lowest BCUT2D eigenvalue weighted by Gasteiger charge is -2.24. The summed E-state index contributed by atoms with van der Waals surface area (Å²) in [6, 6.07) is 15.1. The van der Waals surface area contributed by atoms with Crippen LogP contribution in [-0.2, 0) is 14.3 Å². The highest BCUT2D eigenvalue weighted by Crippen LogP contribution is 2.44. The Hall–Kier alpha value is -3.12. The predicted octanol–water partition coefficient (Wildman–Crippen LogP) is 3.10. The lowest BCUT2D eigenvalue weighted by atomic mass is 9.98. The fourth-order valence-corrected chi connectivity index (χ4v) is 4.17. The minimum absolute atomic E-state index is 0.0284. The SMILES string of the molecule is C=CCOC(=O)C1C(O)CCN1C(=O)OCC1c2ccccc2-c2ccccc21. The fraction of sp³-hybridized carbons (Fsp3) is 0.304. The third-order valence-corrected chi connectivity index (χ3v) is 5.52. The van der Waals surface area contributed by atoms with Crippen LogP contribution in [0.15, 0.2) is 61.2 Å². The second kappa shape index (κ2) is 8.09. The van der Waals surface area contributed by atoms with Gasteiger partial charge in [0.1, 0.15) is 13.2 Å². The van der Waals surface area contributed by atoms with E-state index in [1.54, 1.807) is 0 Å². The zero-order valence-corrected chi connectivity index (χ0v) is 16.0. The number of benzene rings is 2. The van der Waals surface area contributed by atoms with E-state index in [1.165, 1.54) is 11.0 Å². The molecule has 1 aliphatic heterocycles. The van der Waals surface area contributed by atoms with E-state index in [0.717, 1.165) is 22.3 Å². The molecule has 6 nitrogen and oxygen atoms in total. The molecule has 150 valence electrons. The number of likely N-dealkylation sites (tertiary alicyclic amines) is 1. The molecular formula is C23H23NO5. The highest BCUT2D eigenvalue weighted by molar-refractivity contribution is 5.83. The summed E-state index contributed by atoms with van der Waals surface area (Å²) in [5, 5.41) is 10.1. The van der Waals surface area contributed by atoms with Gasteiger partial charge in [-0.2, -0.15) is 0 Å². The standard InChI is InChI=1S/C23H23NO5/c1-2-13-28-22(26)21-20(25)11-12-24(21)23(27)29-14-19-17-9-5-3-7-15(17)16-8-4-6-10-18(16)19/h2-10,19-21,25H,1,11-14H2. The van der Waals surface area contributed by atoms with E-state index in [9.17, 15) is 14.7 Å². The molecular weight excluding hydrogens is 370 g/mol. The zero-order chi connectivity index (χ0) is 20.4. The number of nitrogens with zero attached hydrogens (tertiary/aromatic N) is 1. The Bertz CT molecular complexity index is 895. The van der Waals surface area contributed by atoms with Crippen LogP contribution in [0.1, 0.15) is 23.5 Å². The van der Waals surface area contributed by atoms with Crippen molar-refractivity contribution in [3.8, 4) is 11.1 Å². The molecule has 1 amide bonds. The van der Waals surface area contributed by atoms with Crippen molar-refractivity contribution in [2.24, 2.45) is 0 Å². The van der Waals surface area contributed by atoms with Gasteiger partial charge in [-0.05, 0) is 28.7 Å². The molecule has 29 heavy (non-hydrogen) atoms. The van der Waals surface area contributed by atoms with Crippen molar-refractivity contribution in [2.45, 2.75) is 24.5 Å². The molecule has 0 radical (unpaired) electrons. The molecule has 0 saturated carbocycles. The summed E-state index contributed by atoms with van der Waals surface area (Å²) in [6.45, 7) is 3.93. The number of fused-ring (bicyclic) bond motifs is 3. The van der Waals surface area contributed by atoms with Crippen LogP contribution < -0.4 is 0 Å². The smallest absolute Gasteiger partial charge is 0.410 e. The number of amides is 1. The molecule has 2 atom stereocenters. The topological polar surface area (TPSA) is 76.1 Å². The summed E-state index contributed by atoms with van der Waals surface area (Å²) in [4.78, 5) is 26.2. The molecule has 2 aliphatic rings. The maximum absolute atomic E-state index is 12.7. The summed E-state index contributed by atoms with van der Waals surface area (Å²) in [5.74, 6) is -0.714. The summed E-state index contributed by atoms with van der Waals surface area (Å²) >= 11 is 0. The van der Waals surface area contributed by atoms with Crippen molar-refractivity contribution in [3.63, 3.8) is 0 Å². The van der Waals surface area contributed by atoms with Gasteiger partial charge in [0.05, 0.1) is 6.10 Å². The number of hydrogen-bond acceptors (Lipinski definition) is 5. The van der Waals surface area contributed by atoms with Crippen LogP contribution >= 0.6 is 0 Å². The van der Waals surface area contributed by atoms with Crippen LogP contribution in [0.2, 0.25) is 0 Å². The highest BCUT2D eigenvalue weighted by atomic mass is 16.6. The number of carbonyl (C=O) groups is 2. The van der Waals surface area contributed by atoms with Gasteiger partial charge in [-0.25, -0.2) is 9.59 Å². The van der Waals surface area contributed by atoms with Crippen LogP contribution in [0.4, 0.5) is 4.79 Å². The Balaban J connectivity index is 1.48. The van der Waals surface area contributed by atoms with Gasteiger partial charge >= 0.3 is 12.1 Å². The van der Waals surface area contributed by atoms with Crippen molar-refractivity contribution < 1.29 is 24.2 Å². The van der Waals surface area contributed by atoms with Gasteiger partial charge in [0.2, 0.25) is 0 Å². The number of aliphatic hydroxyl groups excluding tert-OH is 1. The maximum atomic E-state index is 12.7. The van der Waals surface area contributed by atoms with Crippen LogP contribution in [0.3, 0.4) is 0 Å². The predicted molar refractivity (Wildman–Crippen MR) is 107 cm³/mol. The number of carbonyl (C=O) groups excluding carboxylic acids is 2. The monoisotopic (exact) mass is 393 g/mol. The van der Waals surface area contributed by atoms with Gasteiger partial charge in [-0.3, -0.25) is 4.90 Å². The van der Waals surface area contributed by atoms with E-state index in [0.29, 0.717) is 6.42 Å². The van der Waals surface area contributed by atoms with Crippen molar-refractivity contribution in [2.75, 3.05) is 19.8 Å². The Morgan fingerprint density at radius 2 is 1.69 bits per heavy atom. The Morgan fingerprint density at radius 1 is 1.07 bits per heavy atom. The molecule has 6 heteroatoms. The second-order valence-corrected chi connectivity index (χ2v) is 7.22.